The maximum absolute atomic E-state index is 12.9. The van der Waals surface area contributed by atoms with Gasteiger partial charge in [-0.3, -0.25) is 14.3 Å². The molecule has 2 aromatic carbocycles. The Balaban J connectivity index is 1.66. The highest BCUT2D eigenvalue weighted by Gasteiger charge is 2.31. The van der Waals surface area contributed by atoms with Gasteiger partial charge in [-0.05, 0) is 23.8 Å². The molecule has 9 heteroatoms. The van der Waals surface area contributed by atoms with E-state index < -0.39 is 6.36 Å². The first-order valence-electron chi connectivity index (χ1n) is 9.05. The Hall–Kier alpha value is -2.91. The summed E-state index contributed by atoms with van der Waals surface area (Å²) in [5.41, 5.74) is 1.64. The second kappa shape index (κ2) is 7.84. The van der Waals surface area contributed by atoms with Crippen LogP contribution in [0, 0.1) is 0 Å². The molecule has 1 fully saturated rings. The Kier molecular flexibility index (Phi) is 5.25. The topological polar surface area (TPSA) is 56.6 Å². The lowest BCUT2D eigenvalue weighted by atomic mass is 10.0. The summed E-state index contributed by atoms with van der Waals surface area (Å²) in [5, 5.41) is 0.453. The standard InChI is InChI=1S/C20H18F3N3O3/c21-20(22,23)29-15-6-4-14(5-7-15)16-2-1-3-17-18(16)24-12-26(19(17)27)13-25-8-10-28-11-9-25/h1-7,12H,8-11,13H2. The molecule has 0 saturated carbocycles. The molecule has 0 aliphatic carbocycles. The molecule has 0 radical (unpaired) electrons. The second-order valence-corrected chi connectivity index (χ2v) is 6.67. The summed E-state index contributed by atoms with van der Waals surface area (Å²) >= 11 is 0. The molecule has 1 aliphatic rings. The molecule has 29 heavy (non-hydrogen) atoms. The third-order valence-corrected chi connectivity index (χ3v) is 4.71. The van der Waals surface area contributed by atoms with Gasteiger partial charge in [-0.15, -0.1) is 13.2 Å². The van der Waals surface area contributed by atoms with E-state index in [4.69, 9.17) is 4.74 Å². The van der Waals surface area contributed by atoms with Crippen LogP contribution in [0.5, 0.6) is 5.75 Å². The molecule has 0 atom stereocenters. The van der Waals surface area contributed by atoms with Gasteiger partial charge in [0.05, 0.1) is 37.1 Å². The summed E-state index contributed by atoms with van der Waals surface area (Å²) in [5.74, 6) is -0.303. The van der Waals surface area contributed by atoms with Crippen LogP contribution in [0.4, 0.5) is 13.2 Å². The number of alkyl halides is 3. The van der Waals surface area contributed by atoms with Crippen LogP contribution in [0.15, 0.2) is 53.6 Å². The fourth-order valence-electron chi connectivity index (χ4n) is 3.32. The fourth-order valence-corrected chi connectivity index (χ4v) is 3.32. The van der Waals surface area contributed by atoms with E-state index in [1.54, 1.807) is 22.8 Å². The molecule has 1 saturated heterocycles. The first-order valence-corrected chi connectivity index (χ1v) is 9.05. The third kappa shape index (κ3) is 4.41. The zero-order valence-corrected chi connectivity index (χ0v) is 15.4. The molecule has 0 N–H and O–H groups in total. The van der Waals surface area contributed by atoms with Crippen molar-refractivity contribution >= 4 is 10.9 Å². The maximum Gasteiger partial charge on any atom is 0.573 e. The van der Waals surface area contributed by atoms with Crippen LogP contribution in [0.1, 0.15) is 0 Å². The SMILES string of the molecule is O=c1c2cccc(-c3ccc(OC(F)(F)F)cc3)c2ncn1CN1CCOCC1. The van der Waals surface area contributed by atoms with Crippen molar-refractivity contribution in [1.29, 1.82) is 0 Å². The second-order valence-electron chi connectivity index (χ2n) is 6.67. The molecule has 1 aromatic heterocycles. The maximum atomic E-state index is 12.9. The zero-order valence-electron chi connectivity index (χ0n) is 15.4. The van der Waals surface area contributed by atoms with Gasteiger partial charge in [0.15, 0.2) is 0 Å². The molecule has 1 aliphatic heterocycles. The Bertz CT molecular complexity index is 1060. The van der Waals surface area contributed by atoms with E-state index in [9.17, 15) is 18.0 Å². The quantitative estimate of drug-likeness (QED) is 0.667. The van der Waals surface area contributed by atoms with Gasteiger partial charge in [-0.1, -0.05) is 24.3 Å². The summed E-state index contributed by atoms with van der Waals surface area (Å²) in [6.07, 6.45) is -3.24. The highest BCUT2D eigenvalue weighted by Crippen LogP contribution is 2.29. The van der Waals surface area contributed by atoms with E-state index >= 15 is 0 Å². The Morgan fingerprint density at radius 2 is 1.79 bits per heavy atom. The predicted octanol–water partition coefficient (Wildman–Crippen LogP) is 3.25. The Morgan fingerprint density at radius 3 is 2.48 bits per heavy atom. The van der Waals surface area contributed by atoms with Crippen molar-refractivity contribution < 1.29 is 22.6 Å². The number of morpholine rings is 1. The van der Waals surface area contributed by atoms with E-state index in [2.05, 4.69) is 14.6 Å². The van der Waals surface area contributed by atoms with Crippen molar-refractivity contribution in [3.05, 3.63) is 59.1 Å². The normalized spacial score (nSPS) is 15.6. The molecule has 0 unspecified atom stereocenters. The molecule has 0 spiro atoms. The van der Waals surface area contributed by atoms with Crippen LogP contribution in [0.2, 0.25) is 0 Å². The summed E-state index contributed by atoms with van der Waals surface area (Å²) < 4.78 is 47.8. The number of aromatic nitrogens is 2. The first-order chi connectivity index (χ1) is 13.9. The molecule has 4 rings (SSSR count). The average molecular weight is 405 g/mol. The number of fused-ring (bicyclic) bond motifs is 1. The number of nitrogens with zero attached hydrogens (tertiary/aromatic N) is 3. The van der Waals surface area contributed by atoms with Crippen LogP contribution in [-0.4, -0.2) is 47.1 Å². The number of para-hydroxylation sites is 1. The van der Waals surface area contributed by atoms with Crippen molar-refractivity contribution in [1.82, 2.24) is 14.5 Å². The van der Waals surface area contributed by atoms with Crippen molar-refractivity contribution in [2.75, 3.05) is 26.3 Å². The van der Waals surface area contributed by atoms with Gasteiger partial charge in [0.2, 0.25) is 0 Å². The highest BCUT2D eigenvalue weighted by atomic mass is 19.4. The smallest absolute Gasteiger partial charge is 0.406 e. The Labute approximate surface area is 164 Å². The summed E-state index contributed by atoms with van der Waals surface area (Å²) in [7, 11) is 0. The monoisotopic (exact) mass is 405 g/mol. The third-order valence-electron chi connectivity index (χ3n) is 4.71. The highest BCUT2D eigenvalue weighted by molar-refractivity contribution is 5.93. The van der Waals surface area contributed by atoms with Crippen LogP contribution in [0.25, 0.3) is 22.0 Å². The molecule has 0 amide bonds. The van der Waals surface area contributed by atoms with Crippen LogP contribution >= 0.6 is 0 Å². The van der Waals surface area contributed by atoms with Gasteiger partial charge in [-0.25, -0.2) is 4.98 Å². The number of rotatable bonds is 4. The van der Waals surface area contributed by atoms with E-state index in [0.717, 1.165) is 13.1 Å². The number of hydrogen-bond acceptors (Lipinski definition) is 5. The fraction of sp³-hybridized carbons (Fsp3) is 0.300. The lowest BCUT2D eigenvalue weighted by Gasteiger charge is -2.27. The molecule has 152 valence electrons. The minimum absolute atomic E-state index is 0.166. The number of hydrogen-bond donors (Lipinski definition) is 0. The molecular formula is C20H18F3N3O3. The van der Waals surface area contributed by atoms with Gasteiger partial charge >= 0.3 is 6.36 Å². The summed E-state index contributed by atoms with van der Waals surface area (Å²) in [4.78, 5) is 19.5. The van der Waals surface area contributed by atoms with E-state index in [1.807, 2.05) is 0 Å². The molecule has 2 heterocycles. The van der Waals surface area contributed by atoms with Gasteiger partial charge in [0.1, 0.15) is 5.75 Å². The van der Waals surface area contributed by atoms with E-state index in [1.165, 1.54) is 30.6 Å². The number of benzene rings is 2. The lowest BCUT2D eigenvalue weighted by Crippen LogP contribution is -2.40. The lowest BCUT2D eigenvalue weighted by molar-refractivity contribution is -0.274. The summed E-state index contributed by atoms with van der Waals surface area (Å²) in [6.45, 7) is 3.19. The van der Waals surface area contributed by atoms with Crippen LogP contribution in [-0.2, 0) is 11.4 Å². The van der Waals surface area contributed by atoms with Crippen molar-refractivity contribution in [2.24, 2.45) is 0 Å². The Morgan fingerprint density at radius 1 is 1.07 bits per heavy atom. The predicted molar refractivity (Wildman–Crippen MR) is 101 cm³/mol. The minimum atomic E-state index is -4.74. The average Bonchev–Trinajstić information content (AvgIpc) is 2.70. The van der Waals surface area contributed by atoms with Crippen LogP contribution < -0.4 is 10.3 Å². The van der Waals surface area contributed by atoms with E-state index in [-0.39, 0.29) is 11.3 Å². The van der Waals surface area contributed by atoms with Crippen molar-refractivity contribution in [3.8, 4) is 16.9 Å². The number of halogens is 3. The molecule has 6 nitrogen and oxygen atoms in total. The van der Waals surface area contributed by atoms with Gasteiger partial charge in [0, 0.05) is 18.7 Å². The van der Waals surface area contributed by atoms with Crippen LogP contribution in [0.3, 0.4) is 0 Å². The minimum Gasteiger partial charge on any atom is -0.406 e. The number of ether oxygens (including phenoxy) is 2. The largest absolute Gasteiger partial charge is 0.573 e. The van der Waals surface area contributed by atoms with Crippen molar-refractivity contribution in [2.45, 2.75) is 13.0 Å². The first kappa shape index (κ1) is 19.4. The summed E-state index contributed by atoms with van der Waals surface area (Å²) in [6, 6.07) is 10.7. The van der Waals surface area contributed by atoms with Gasteiger partial charge in [-0.2, -0.15) is 0 Å². The molecule has 0 bridgehead atoms. The van der Waals surface area contributed by atoms with Crippen molar-refractivity contribution in [3.63, 3.8) is 0 Å². The van der Waals surface area contributed by atoms with Gasteiger partial charge < -0.3 is 9.47 Å². The molecule has 3 aromatic rings. The zero-order chi connectivity index (χ0) is 20.4. The van der Waals surface area contributed by atoms with E-state index in [0.29, 0.717) is 41.9 Å². The molecular weight excluding hydrogens is 387 g/mol. The van der Waals surface area contributed by atoms with Gasteiger partial charge in [0.25, 0.3) is 5.56 Å².